The number of H-pyrrole nitrogens is 1. The highest BCUT2D eigenvalue weighted by molar-refractivity contribution is 7.71. The summed E-state index contributed by atoms with van der Waals surface area (Å²) in [7, 11) is 1.50. The molecule has 0 amide bonds. The van der Waals surface area contributed by atoms with Crippen molar-refractivity contribution in [3.63, 3.8) is 0 Å². The van der Waals surface area contributed by atoms with Gasteiger partial charge in [-0.05, 0) is 61.6 Å². The van der Waals surface area contributed by atoms with Crippen molar-refractivity contribution in [1.82, 2.24) is 14.9 Å². The van der Waals surface area contributed by atoms with Crippen LogP contribution in [0.3, 0.4) is 0 Å². The largest absolute Gasteiger partial charge is 0.504 e. The number of hydrogen-bond acceptors (Lipinski definition) is 5. The van der Waals surface area contributed by atoms with E-state index in [1.807, 2.05) is 19.1 Å². The number of ether oxygens (including phenoxy) is 1. The molecule has 3 aromatic rings. The molecule has 0 aliphatic carbocycles. The van der Waals surface area contributed by atoms with E-state index in [4.69, 9.17) is 28.6 Å². The lowest BCUT2D eigenvalue weighted by Crippen LogP contribution is -2.02. The van der Waals surface area contributed by atoms with Crippen molar-refractivity contribution in [2.45, 2.75) is 6.92 Å². The fraction of sp³-hybridized carbons (Fsp3) is 0.118. The Labute approximate surface area is 154 Å². The lowest BCUT2D eigenvalue weighted by molar-refractivity contribution is 0.373. The zero-order valence-electron chi connectivity index (χ0n) is 13.5. The number of aromatic amines is 1. The van der Waals surface area contributed by atoms with Crippen LogP contribution in [0.1, 0.15) is 12.5 Å². The van der Waals surface area contributed by atoms with Crippen LogP contribution < -0.4 is 4.74 Å². The molecule has 8 heteroatoms. The second-order valence-electron chi connectivity index (χ2n) is 5.24. The van der Waals surface area contributed by atoms with E-state index in [1.165, 1.54) is 7.11 Å². The smallest absolute Gasteiger partial charge is 0.216 e. The molecule has 25 heavy (non-hydrogen) atoms. The maximum Gasteiger partial charge on any atom is 0.216 e. The van der Waals surface area contributed by atoms with Gasteiger partial charge >= 0.3 is 0 Å². The van der Waals surface area contributed by atoms with Gasteiger partial charge in [0.05, 0.1) is 12.8 Å². The Bertz CT molecular complexity index is 993. The first kappa shape index (κ1) is 17.2. The van der Waals surface area contributed by atoms with Gasteiger partial charge in [0.25, 0.3) is 0 Å². The van der Waals surface area contributed by atoms with Crippen LogP contribution in [0.15, 0.2) is 47.6 Å². The van der Waals surface area contributed by atoms with Gasteiger partial charge in [-0.15, -0.1) is 0 Å². The quantitative estimate of drug-likeness (QED) is 0.528. The van der Waals surface area contributed by atoms with Gasteiger partial charge in [-0.2, -0.15) is 14.9 Å². The van der Waals surface area contributed by atoms with E-state index in [1.54, 1.807) is 35.0 Å². The lowest BCUT2D eigenvalue weighted by atomic mass is 10.1. The van der Waals surface area contributed by atoms with Gasteiger partial charge < -0.3 is 9.84 Å². The summed E-state index contributed by atoms with van der Waals surface area (Å²) in [6, 6.07) is 12.3. The number of benzene rings is 2. The number of halogens is 1. The van der Waals surface area contributed by atoms with E-state index in [-0.39, 0.29) is 5.75 Å². The number of aromatic nitrogens is 3. The van der Waals surface area contributed by atoms with Crippen molar-refractivity contribution in [3.8, 4) is 22.9 Å². The zero-order chi connectivity index (χ0) is 18.0. The molecule has 0 spiro atoms. The second-order valence-corrected chi connectivity index (χ2v) is 6.07. The van der Waals surface area contributed by atoms with Crippen LogP contribution in [-0.2, 0) is 0 Å². The zero-order valence-corrected chi connectivity index (χ0v) is 15.1. The number of hydrogen-bond donors (Lipinski definition) is 2. The Morgan fingerprint density at radius 1 is 1.28 bits per heavy atom. The van der Waals surface area contributed by atoms with E-state index in [9.17, 15) is 5.11 Å². The normalized spacial score (nSPS) is 11.6. The highest BCUT2D eigenvalue weighted by Gasteiger charge is 2.10. The molecule has 6 nitrogen and oxygen atoms in total. The molecule has 128 valence electrons. The number of rotatable bonds is 4. The molecule has 0 aliphatic rings. The number of aromatic hydroxyl groups is 1. The molecule has 2 N–H and O–H groups in total. The van der Waals surface area contributed by atoms with Gasteiger partial charge in [0.15, 0.2) is 17.3 Å². The maximum absolute atomic E-state index is 9.72. The van der Waals surface area contributed by atoms with Crippen molar-refractivity contribution < 1.29 is 9.84 Å². The van der Waals surface area contributed by atoms with Crippen molar-refractivity contribution in [1.29, 1.82) is 0 Å². The summed E-state index contributed by atoms with van der Waals surface area (Å²) in [5.41, 5.74) is 2.31. The second kappa shape index (κ2) is 7.08. The lowest BCUT2D eigenvalue weighted by Gasteiger charge is -2.07. The molecule has 0 atom stereocenters. The average molecular weight is 375 g/mol. The van der Waals surface area contributed by atoms with Crippen molar-refractivity contribution in [3.05, 3.63) is 57.8 Å². The average Bonchev–Trinajstić information content (AvgIpc) is 2.96. The van der Waals surface area contributed by atoms with Crippen LogP contribution in [0.2, 0.25) is 5.02 Å². The van der Waals surface area contributed by atoms with E-state index >= 15 is 0 Å². The SMILES string of the molecule is COc1cc(C(C)=Nn2c(-c3ccc(Cl)cc3)n[nH]c2=S)ccc1O. The van der Waals surface area contributed by atoms with Crippen LogP contribution in [0, 0.1) is 4.77 Å². The third-order valence-electron chi connectivity index (χ3n) is 3.60. The molecule has 0 saturated carbocycles. The Kier molecular flexibility index (Phi) is 4.87. The van der Waals surface area contributed by atoms with E-state index in [0.29, 0.717) is 27.1 Å². The summed E-state index contributed by atoms with van der Waals surface area (Å²) >= 11 is 11.2. The molecular formula is C17H15ClN4O2S. The van der Waals surface area contributed by atoms with Crippen molar-refractivity contribution in [2.24, 2.45) is 5.10 Å². The Morgan fingerprint density at radius 2 is 2.00 bits per heavy atom. The minimum Gasteiger partial charge on any atom is -0.504 e. The molecule has 0 fully saturated rings. The fourth-order valence-electron chi connectivity index (χ4n) is 2.28. The maximum atomic E-state index is 9.72. The molecule has 3 rings (SSSR count). The van der Waals surface area contributed by atoms with Gasteiger partial charge in [0.1, 0.15) is 0 Å². The van der Waals surface area contributed by atoms with Crippen LogP contribution in [-0.4, -0.2) is 32.8 Å². The summed E-state index contributed by atoms with van der Waals surface area (Å²) in [5, 5.41) is 21.9. The number of methoxy groups -OCH3 is 1. The van der Waals surface area contributed by atoms with Gasteiger partial charge in [0, 0.05) is 16.1 Å². The first-order valence-electron chi connectivity index (χ1n) is 7.36. The number of phenolic OH excluding ortho intramolecular Hbond substituents is 1. The van der Waals surface area contributed by atoms with Gasteiger partial charge in [-0.3, -0.25) is 0 Å². The van der Waals surface area contributed by atoms with Crippen LogP contribution in [0.25, 0.3) is 11.4 Å². The third-order valence-corrected chi connectivity index (χ3v) is 4.12. The molecule has 2 aromatic carbocycles. The van der Waals surface area contributed by atoms with Crippen molar-refractivity contribution >= 4 is 29.5 Å². The first-order chi connectivity index (χ1) is 12.0. The monoisotopic (exact) mass is 374 g/mol. The molecule has 0 saturated heterocycles. The summed E-state index contributed by atoms with van der Waals surface area (Å²) < 4.78 is 7.05. The first-order valence-corrected chi connectivity index (χ1v) is 8.14. The molecule has 1 aromatic heterocycles. The standard InChI is InChI=1S/C17H15ClN4O2S/c1-10(12-5-8-14(23)15(9-12)24-2)21-22-16(19-20-17(22)25)11-3-6-13(18)7-4-11/h3-9,23H,1-2H3,(H,20,25). The molecule has 0 radical (unpaired) electrons. The molecule has 0 bridgehead atoms. The Hall–Kier alpha value is -2.64. The minimum atomic E-state index is 0.0702. The van der Waals surface area contributed by atoms with E-state index < -0.39 is 0 Å². The number of nitrogens with zero attached hydrogens (tertiary/aromatic N) is 3. The van der Waals surface area contributed by atoms with Gasteiger partial charge in [0.2, 0.25) is 4.77 Å². The predicted molar refractivity (Wildman–Crippen MR) is 100 cm³/mol. The summed E-state index contributed by atoms with van der Waals surface area (Å²) in [4.78, 5) is 0. The molecule has 1 heterocycles. The topological polar surface area (TPSA) is 75.4 Å². The Morgan fingerprint density at radius 3 is 2.68 bits per heavy atom. The Balaban J connectivity index is 2.05. The van der Waals surface area contributed by atoms with Crippen LogP contribution in [0.4, 0.5) is 0 Å². The molecule has 0 aliphatic heterocycles. The highest BCUT2D eigenvalue weighted by atomic mass is 35.5. The number of phenols is 1. The molecule has 0 unspecified atom stereocenters. The van der Waals surface area contributed by atoms with Crippen LogP contribution >= 0.6 is 23.8 Å². The number of nitrogens with one attached hydrogen (secondary N) is 1. The van der Waals surface area contributed by atoms with Crippen molar-refractivity contribution in [2.75, 3.05) is 7.11 Å². The fourth-order valence-corrected chi connectivity index (χ4v) is 2.58. The van der Waals surface area contributed by atoms with Gasteiger partial charge in [-0.1, -0.05) is 11.6 Å². The third kappa shape index (κ3) is 3.57. The molecular weight excluding hydrogens is 360 g/mol. The van der Waals surface area contributed by atoms with E-state index in [2.05, 4.69) is 15.3 Å². The predicted octanol–water partition coefficient (Wildman–Crippen LogP) is 4.25. The van der Waals surface area contributed by atoms with Crippen LogP contribution in [0.5, 0.6) is 11.5 Å². The minimum absolute atomic E-state index is 0.0702. The summed E-state index contributed by atoms with van der Waals surface area (Å²) in [6.07, 6.45) is 0. The van der Waals surface area contributed by atoms with E-state index in [0.717, 1.165) is 11.1 Å². The summed E-state index contributed by atoms with van der Waals surface area (Å²) in [5.74, 6) is 1.02. The summed E-state index contributed by atoms with van der Waals surface area (Å²) in [6.45, 7) is 1.84. The highest BCUT2D eigenvalue weighted by Crippen LogP contribution is 2.27. The van der Waals surface area contributed by atoms with Gasteiger partial charge in [-0.25, -0.2) is 5.10 Å².